The Hall–Kier alpha value is -1.08. The van der Waals surface area contributed by atoms with Crippen molar-refractivity contribution in [1.82, 2.24) is 4.90 Å². The number of carbonyl (C=O) groups is 1. The highest BCUT2D eigenvalue weighted by Gasteiger charge is 2.43. The number of hydrogen-bond acceptors (Lipinski definition) is 3. The summed E-state index contributed by atoms with van der Waals surface area (Å²) >= 11 is 0. The molecule has 0 spiro atoms. The minimum atomic E-state index is -0.849. The summed E-state index contributed by atoms with van der Waals surface area (Å²) in [6.07, 6.45) is 1.04. The van der Waals surface area contributed by atoms with Gasteiger partial charge in [0.2, 0.25) is 5.91 Å². The van der Waals surface area contributed by atoms with Crippen molar-refractivity contribution in [2.24, 2.45) is 5.41 Å². The first-order chi connectivity index (χ1) is 7.57. The van der Waals surface area contributed by atoms with Gasteiger partial charge in [-0.05, 0) is 33.6 Å². The number of nitrogens with zero attached hydrogens (tertiary/aromatic N) is 2. The van der Waals surface area contributed by atoms with Crippen LogP contribution in [-0.4, -0.2) is 36.6 Å². The lowest BCUT2D eigenvalue weighted by atomic mass is 9.80. The highest BCUT2D eigenvalue weighted by atomic mass is 16.5. The van der Waals surface area contributed by atoms with Crippen LogP contribution < -0.4 is 0 Å². The maximum Gasteiger partial charge on any atom is 0.243 e. The summed E-state index contributed by atoms with van der Waals surface area (Å²) in [5.41, 5.74) is -0.849. The average Bonchev–Trinajstić information content (AvgIpc) is 2.30. The van der Waals surface area contributed by atoms with E-state index >= 15 is 0 Å². The van der Waals surface area contributed by atoms with E-state index in [1.807, 2.05) is 20.8 Å². The third-order valence-corrected chi connectivity index (χ3v) is 3.19. The van der Waals surface area contributed by atoms with Gasteiger partial charge >= 0.3 is 0 Å². The van der Waals surface area contributed by atoms with E-state index in [2.05, 4.69) is 6.07 Å². The zero-order valence-electron chi connectivity index (χ0n) is 10.3. The van der Waals surface area contributed by atoms with Crippen LogP contribution in [0, 0.1) is 16.7 Å². The molecule has 0 bridgehead atoms. The first kappa shape index (κ1) is 13.0. The fraction of sp³-hybridized carbons (Fsp3) is 0.833. The quantitative estimate of drug-likeness (QED) is 0.731. The Kier molecular flexibility index (Phi) is 4.31. The van der Waals surface area contributed by atoms with Crippen LogP contribution in [0.3, 0.4) is 0 Å². The molecule has 1 amide bonds. The molecule has 4 heteroatoms. The molecule has 0 aromatic rings. The molecule has 90 valence electrons. The lowest BCUT2D eigenvalue weighted by Crippen LogP contribution is -2.48. The monoisotopic (exact) mass is 224 g/mol. The maximum atomic E-state index is 12.4. The van der Waals surface area contributed by atoms with Crippen molar-refractivity contribution in [3.63, 3.8) is 0 Å². The van der Waals surface area contributed by atoms with E-state index in [4.69, 9.17) is 4.74 Å². The highest BCUT2D eigenvalue weighted by Crippen LogP contribution is 2.32. The Bertz CT molecular complexity index is 288. The van der Waals surface area contributed by atoms with Crippen molar-refractivity contribution < 1.29 is 9.53 Å². The molecule has 1 aliphatic heterocycles. The number of nitriles is 1. The molecule has 0 radical (unpaired) electrons. The van der Waals surface area contributed by atoms with Crippen LogP contribution in [0.15, 0.2) is 0 Å². The van der Waals surface area contributed by atoms with E-state index in [0.717, 1.165) is 0 Å². The molecule has 1 saturated heterocycles. The molecule has 1 rings (SSSR count). The van der Waals surface area contributed by atoms with Gasteiger partial charge in [-0.25, -0.2) is 0 Å². The first-order valence-electron chi connectivity index (χ1n) is 5.87. The zero-order chi connectivity index (χ0) is 12.2. The van der Waals surface area contributed by atoms with Crippen molar-refractivity contribution >= 4 is 5.91 Å². The topological polar surface area (TPSA) is 53.3 Å². The van der Waals surface area contributed by atoms with Crippen LogP contribution in [0.4, 0.5) is 0 Å². The molecule has 0 aromatic carbocycles. The fourth-order valence-corrected chi connectivity index (χ4v) is 2.11. The molecule has 1 heterocycles. The van der Waals surface area contributed by atoms with Gasteiger partial charge in [0.15, 0.2) is 0 Å². The van der Waals surface area contributed by atoms with Crippen molar-refractivity contribution in [3.8, 4) is 6.07 Å². The number of ether oxygens (including phenoxy) is 1. The van der Waals surface area contributed by atoms with Gasteiger partial charge in [-0.15, -0.1) is 0 Å². The van der Waals surface area contributed by atoms with Gasteiger partial charge in [-0.3, -0.25) is 4.79 Å². The van der Waals surface area contributed by atoms with Crippen LogP contribution in [0.1, 0.15) is 33.6 Å². The van der Waals surface area contributed by atoms with Crippen molar-refractivity contribution in [3.05, 3.63) is 0 Å². The van der Waals surface area contributed by atoms with Crippen LogP contribution >= 0.6 is 0 Å². The van der Waals surface area contributed by atoms with Gasteiger partial charge in [-0.1, -0.05) is 0 Å². The molecule has 0 saturated carbocycles. The standard InChI is InChI=1S/C12H20N2O2/c1-4-14(10(2)3)11(15)12(9-13)5-7-16-8-6-12/h10H,4-8H2,1-3H3. The lowest BCUT2D eigenvalue weighted by Gasteiger charge is -2.36. The first-order valence-corrected chi connectivity index (χ1v) is 5.87. The summed E-state index contributed by atoms with van der Waals surface area (Å²) in [4.78, 5) is 14.1. The zero-order valence-corrected chi connectivity index (χ0v) is 10.3. The molecule has 16 heavy (non-hydrogen) atoms. The fourth-order valence-electron chi connectivity index (χ4n) is 2.11. The molecule has 1 fully saturated rings. The van der Waals surface area contributed by atoms with Crippen LogP contribution in [-0.2, 0) is 9.53 Å². The van der Waals surface area contributed by atoms with Gasteiger partial charge in [0.1, 0.15) is 5.41 Å². The molecule has 1 aliphatic rings. The van der Waals surface area contributed by atoms with Gasteiger partial charge < -0.3 is 9.64 Å². The molecular weight excluding hydrogens is 204 g/mol. The second-order valence-corrected chi connectivity index (χ2v) is 4.49. The van der Waals surface area contributed by atoms with Crippen LogP contribution in [0.2, 0.25) is 0 Å². The van der Waals surface area contributed by atoms with Crippen molar-refractivity contribution in [2.45, 2.75) is 39.7 Å². The van der Waals surface area contributed by atoms with Gasteiger partial charge in [0.05, 0.1) is 6.07 Å². The van der Waals surface area contributed by atoms with Crippen molar-refractivity contribution in [1.29, 1.82) is 5.26 Å². The summed E-state index contributed by atoms with van der Waals surface area (Å²) in [5, 5.41) is 9.29. The van der Waals surface area contributed by atoms with Crippen LogP contribution in [0.5, 0.6) is 0 Å². The van der Waals surface area contributed by atoms with E-state index in [1.165, 1.54) is 0 Å². The smallest absolute Gasteiger partial charge is 0.243 e. The molecule has 0 aliphatic carbocycles. The molecule has 0 aromatic heterocycles. The summed E-state index contributed by atoms with van der Waals surface area (Å²) in [7, 11) is 0. The molecule has 4 nitrogen and oxygen atoms in total. The van der Waals surface area contributed by atoms with Crippen LogP contribution in [0.25, 0.3) is 0 Å². The summed E-state index contributed by atoms with van der Waals surface area (Å²) in [6, 6.07) is 2.36. The third-order valence-electron chi connectivity index (χ3n) is 3.19. The van der Waals surface area contributed by atoms with E-state index in [0.29, 0.717) is 32.6 Å². The van der Waals surface area contributed by atoms with Gasteiger partial charge in [0.25, 0.3) is 0 Å². The number of amides is 1. The molecule has 0 atom stereocenters. The summed E-state index contributed by atoms with van der Waals surface area (Å²) in [5.74, 6) is -0.0317. The Balaban J connectivity index is 2.87. The second kappa shape index (κ2) is 5.31. The predicted octanol–water partition coefficient (Wildman–Crippen LogP) is 1.56. The van der Waals surface area contributed by atoms with Crippen molar-refractivity contribution in [2.75, 3.05) is 19.8 Å². The molecule has 0 unspecified atom stereocenters. The Labute approximate surface area is 97.2 Å². The van der Waals surface area contributed by atoms with E-state index in [9.17, 15) is 10.1 Å². The Morgan fingerprint density at radius 2 is 2.06 bits per heavy atom. The van der Waals surface area contributed by atoms with E-state index in [1.54, 1.807) is 4.90 Å². The van der Waals surface area contributed by atoms with Gasteiger partial charge in [0, 0.05) is 25.8 Å². The molecule has 0 N–H and O–H groups in total. The second-order valence-electron chi connectivity index (χ2n) is 4.49. The SMILES string of the molecule is CCN(C(=O)C1(C#N)CCOCC1)C(C)C. The Morgan fingerprint density at radius 1 is 1.50 bits per heavy atom. The predicted molar refractivity (Wildman–Crippen MR) is 60.6 cm³/mol. The normalized spacial score (nSPS) is 19.2. The number of carbonyl (C=O) groups excluding carboxylic acids is 1. The minimum absolute atomic E-state index is 0.0317. The van der Waals surface area contributed by atoms with E-state index < -0.39 is 5.41 Å². The maximum absolute atomic E-state index is 12.4. The Morgan fingerprint density at radius 3 is 2.44 bits per heavy atom. The summed E-state index contributed by atoms with van der Waals surface area (Å²) in [6.45, 7) is 7.57. The third kappa shape index (κ3) is 2.35. The highest BCUT2D eigenvalue weighted by molar-refractivity contribution is 5.85. The lowest BCUT2D eigenvalue weighted by molar-refractivity contribution is -0.145. The summed E-state index contributed by atoms with van der Waals surface area (Å²) < 4.78 is 5.23. The number of rotatable bonds is 3. The largest absolute Gasteiger partial charge is 0.381 e. The average molecular weight is 224 g/mol. The minimum Gasteiger partial charge on any atom is -0.381 e. The van der Waals surface area contributed by atoms with E-state index in [-0.39, 0.29) is 11.9 Å². The molecular formula is C12H20N2O2. The number of hydrogen-bond donors (Lipinski definition) is 0. The van der Waals surface area contributed by atoms with Gasteiger partial charge in [-0.2, -0.15) is 5.26 Å².